The first-order chi connectivity index (χ1) is 9.16. The van der Waals surface area contributed by atoms with Crippen molar-refractivity contribution in [2.75, 3.05) is 13.2 Å². The third kappa shape index (κ3) is 2.64. The van der Waals surface area contributed by atoms with Crippen LogP contribution in [0.25, 0.3) is 0 Å². The topological polar surface area (TPSA) is 79.0 Å². The summed E-state index contributed by atoms with van der Waals surface area (Å²) in [5, 5.41) is 6.22. The highest BCUT2D eigenvalue weighted by Gasteiger charge is 2.32. The number of nitrogens with zero attached hydrogens (tertiary/aromatic N) is 1. The number of fused-ring (bicyclic) bond motifs is 1. The average molecular weight is 264 g/mol. The summed E-state index contributed by atoms with van der Waals surface area (Å²) >= 11 is 0. The van der Waals surface area contributed by atoms with Crippen molar-refractivity contribution < 1.29 is 9.53 Å². The second kappa shape index (κ2) is 4.94. The van der Waals surface area contributed by atoms with Gasteiger partial charge in [0.2, 0.25) is 5.91 Å². The lowest BCUT2D eigenvalue weighted by atomic mass is 10.0. The normalized spacial score (nSPS) is 30.1. The molecule has 2 atom stereocenters. The smallest absolute Gasteiger partial charge is 0.237 e. The maximum atomic E-state index is 12.2. The lowest BCUT2D eigenvalue weighted by molar-refractivity contribution is -0.124. The molecule has 1 fully saturated rings. The van der Waals surface area contributed by atoms with E-state index in [-0.39, 0.29) is 17.6 Å². The maximum absolute atomic E-state index is 12.2. The van der Waals surface area contributed by atoms with Crippen LogP contribution in [0.15, 0.2) is 6.33 Å². The van der Waals surface area contributed by atoms with Gasteiger partial charge in [0.1, 0.15) is 0 Å². The van der Waals surface area contributed by atoms with Gasteiger partial charge in [-0.05, 0) is 19.8 Å². The number of aromatic amines is 1. The number of hydrogen-bond acceptors (Lipinski definition) is 4. The van der Waals surface area contributed by atoms with E-state index >= 15 is 0 Å². The molecule has 0 aliphatic carbocycles. The van der Waals surface area contributed by atoms with E-state index in [2.05, 4.69) is 27.5 Å². The second-order valence-corrected chi connectivity index (χ2v) is 5.59. The molecule has 3 heterocycles. The standard InChI is InChI=1S/C13H20N4O2/c1-13(3-2-4-19-13)7-15-12(18)10-5-9-11(6-14-10)17-8-16-9/h8,10,14H,2-7H2,1H3,(H,15,18)(H,16,17). The molecule has 2 aliphatic rings. The molecule has 0 spiro atoms. The zero-order valence-electron chi connectivity index (χ0n) is 11.2. The minimum absolute atomic E-state index is 0.0328. The van der Waals surface area contributed by atoms with Gasteiger partial charge in [0.15, 0.2) is 0 Å². The molecule has 2 unspecified atom stereocenters. The van der Waals surface area contributed by atoms with Crippen molar-refractivity contribution in [3.05, 3.63) is 17.7 Å². The third-order valence-electron chi connectivity index (χ3n) is 3.98. The Morgan fingerprint density at radius 3 is 3.37 bits per heavy atom. The number of amides is 1. The second-order valence-electron chi connectivity index (χ2n) is 5.59. The van der Waals surface area contributed by atoms with Gasteiger partial charge in [-0.2, -0.15) is 0 Å². The quantitative estimate of drug-likeness (QED) is 0.724. The van der Waals surface area contributed by atoms with Gasteiger partial charge in [0.25, 0.3) is 0 Å². The van der Waals surface area contributed by atoms with Gasteiger partial charge in [-0.15, -0.1) is 0 Å². The molecule has 1 amide bonds. The van der Waals surface area contributed by atoms with E-state index in [1.165, 1.54) is 0 Å². The number of aromatic nitrogens is 2. The molecule has 104 valence electrons. The van der Waals surface area contributed by atoms with E-state index in [0.717, 1.165) is 30.8 Å². The molecule has 1 saturated heterocycles. The average Bonchev–Trinajstić information content (AvgIpc) is 3.04. The van der Waals surface area contributed by atoms with E-state index in [1.807, 2.05) is 0 Å². The Hall–Kier alpha value is -1.40. The van der Waals surface area contributed by atoms with Crippen LogP contribution in [0.4, 0.5) is 0 Å². The van der Waals surface area contributed by atoms with Gasteiger partial charge in [-0.25, -0.2) is 4.98 Å². The highest BCUT2D eigenvalue weighted by Crippen LogP contribution is 2.24. The first-order valence-electron chi connectivity index (χ1n) is 6.82. The summed E-state index contributed by atoms with van der Waals surface area (Å²) in [6, 6.07) is -0.194. The van der Waals surface area contributed by atoms with Crippen molar-refractivity contribution in [2.45, 2.75) is 44.4 Å². The zero-order chi connectivity index (χ0) is 13.3. The third-order valence-corrected chi connectivity index (χ3v) is 3.98. The molecule has 1 aromatic rings. The fourth-order valence-corrected chi connectivity index (χ4v) is 2.73. The van der Waals surface area contributed by atoms with Crippen LogP contribution >= 0.6 is 0 Å². The lowest BCUT2D eigenvalue weighted by Crippen LogP contribution is -2.51. The maximum Gasteiger partial charge on any atom is 0.237 e. The lowest BCUT2D eigenvalue weighted by Gasteiger charge is -2.26. The van der Waals surface area contributed by atoms with E-state index < -0.39 is 0 Å². The van der Waals surface area contributed by atoms with E-state index in [1.54, 1.807) is 6.33 Å². The van der Waals surface area contributed by atoms with E-state index in [9.17, 15) is 4.79 Å². The Kier molecular flexibility index (Phi) is 3.28. The van der Waals surface area contributed by atoms with Crippen molar-refractivity contribution in [3.63, 3.8) is 0 Å². The molecule has 0 saturated carbocycles. The number of hydrogen-bond donors (Lipinski definition) is 3. The summed E-state index contributed by atoms with van der Waals surface area (Å²) in [7, 11) is 0. The number of nitrogens with one attached hydrogen (secondary N) is 3. The van der Waals surface area contributed by atoms with Crippen LogP contribution in [-0.2, 0) is 22.5 Å². The van der Waals surface area contributed by atoms with Crippen LogP contribution in [0.5, 0.6) is 0 Å². The Balaban J connectivity index is 1.54. The summed E-state index contributed by atoms with van der Waals surface area (Å²) in [5.74, 6) is 0.0328. The van der Waals surface area contributed by atoms with Crippen LogP contribution in [-0.4, -0.2) is 40.7 Å². The zero-order valence-corrected chi connectivity index (χ0v) is 11.2. The van der Waals surface area contributed by atoms with Gasteiger partial charge < -0.3 is 15.0 Å². The Morgan fingerprint density at radius 1 is 1.68 bits per heavy atom. The molecule has 1 aromatic heterocycles. The molecule has 2 aliphatic heterocycles. The Labute approximate surface area is 112 Å². The SMILES string of the molecule is CC1(CNC(=O)C2Cc3nc[nH]c3CN2)CCCO1. The molecular formula is C13H20N4O2. The van der Waals surface area contributed by atoms with Gasteiger partial charge in [-0.1, -0.05) is 0 Å². The summed E-state index contributed by atoms with van der Waals surface area (Å²) in [6.45, 7) is 4.10. The molecule has 6 nitrogen and oxygen atoms in total. The minimum atomic E-state index is -0.194. The highest BCUT2D eigenvalue weighted by molar-refractivity contribution is 5.82. The van der Waals surface area contributed by atoms with Crippen LogP contribution in [0.1, 0.15) is 31.2 Å². The molecular weight excluding hydrogens is 244 g/mol. The van der Waals surface area contributed by atoms with Gasteiger partial charge in [0.05, 0.1) is 29.4 Å². The van der Waals surface area contributed by atoms with Crippen molar-refractivity contribution >= 4 is 5.91 Å². The van der Waals surface area contributed by atoms with Crippen molar-refractivity contribution in [3.8, 4) is 0 Å². The fraction of sp³-hybridized carbons (Fsp3) is 0.692. The van der Waals surface area contributed by atoms with Crippen molar-refractivity contribution in [2.24, 2.45) is 0 Å². The van der Waals surface area contributed by atoms with E-state index in [4.69, 9.17) is 4.74 Å². The predicted molar refractivity (Wildman–Crippen MR) is 69.5 cm³/mol. The molecule has 6 heteroatoms. The van der Waals surface area contributed by atoms with Crippen molar-refractivity contribution in [1.29, 1.82) is 0 Å². The molecule has 0 bridgehead atoms. The van der Waals surface area contributed by atoms with Crippen LogP contribution < -0.4 is 10.6 Å². The van der Waals surface area contributed by atoms with Gasteiger partial charge in [-0.3, -0.25) is 10.1 Å². The number of imidazole rings is 1. The van der Waals surface area contributed by atoms with Gasteiger partial charge in [0, 0.05) is 26.1 Å². The first kappa shape index (κ1) is 12.6. The molecule has 0 aromatic carbocycles. The highest BCUT2D eigenvalue weighted by atomic mass is 16.5. The van der Waals surface area contributed by atoms with Crippen LogP contribution in [0.3, 0.4) is 0 Å². The first-order valence-corrected chi connectivity index (χ1v) is 6.82. The molecule has 19 heavy (non-hydrogen) atoms. The number of ether oxygens (including phenoxy) is 1. The summed E-state index contributed by atoms with van der Waals surface area (Å²) in [5.41, 5.74) is 1.87. The predicted octanol–water partition coefficient (Wildman–Crippen LogP) is 0.109. The number of carbonyl (C=O) groups excluding carboxylic acids is 1. The fourth-order valence-electron chi connectivity index (χ4n) is 2.73. The summed E-state index contributed by atoms with van der Waals surface area (Å²) < 4.78 is 5.67. The molecule has 3 N–H and O–H groups in total. The number of carbonyl (C=O) groups is 1. The summed E-state index contributed by atoms with van der Waals surface area (Å²) in [4.78, 5) is 19.5. The monoisotopic (exact) mass is 264 g/mol. The van der Waals surface area contributed by atoms with Crippen LogP contribution in [0, 0.1) is 0 Å². The van der Waals surface area contributed by atoms with Crippen molar-refractivity contribution in [1.82, 2.24) is 20.6 Å². The number of rotatable bonds is 3. The minimum Gasteiger partial charge on any atom is -0.373 e. The Bertz CT molecular complexity index is 465. The van der Waals surface area contributed by atoms with Gasteiger partial charge >= 0.3 is 0 Å². The van der Waals surface area contributed by atoms with E-state index in [0.29, 0.717) is 19.5 Å². The molecule has 3 rings (SSSR count). The largest absolute Gasteiger partial charge is 0.373 e. The molecule has 0 radical (unpaired) electrons. The van der Waals surface area contributed by atoms with Crippen LogP contribution in [0.2, 0.25) is 0 Å². The Morgan fingerprint density at radius 2 is 2.58 bits per heavy atom. The number of H-pyrrole nitrogens is 1. The summed E-state index contributed by atoms with van der Waals surface area (Å²) in [6.07, 6.45) is 4.40.